The standard InChI is InChI=1S/C14H17N3O2/c1-3-17(4-2)10-11(9-15)14(19)16-12-7-5-6-8-13(12)18/h5-8,10,18H,3-4H2,1-2H3,(H,16,19)/b11-10-. The minimum absolute atomic E-state index is 0.00644. The lowest BCUT2D eigenvalue weighted by molar-refractivity contribution is -0.112. The molecule has 0 unspecified atom stereocenters. The molecule has 5 heteroatoms. The Morgan fingerprint density at radius 2 is 2.05 bits per heavy atom. The third kappa shape index (κ3) is 4.03. The van der Waals surface area contributed by atoms with Crippen molar-refractivity contribution >= 4 is 11.6 Å². The van der Waals surface area contributed by atoms with Crippen molar-refractivity contribution < 1.29 is 9.90 Å². The predicted octanol–water partition coefficient (Wildman–Crippen LogP) is 2.08. The number of carbonyl (C=O) groups is 1. The maximum absolute atomic E-state index is 11.9. The first kappa shape index (κ1) is 14.6. The van der Waals surface area contributed by atoms with Crippen LogP contribution in [0.1, 0.15) is 13.8 Å². The van der Waals surface area contributed by atoms with E-state index in [1.165, 1.54) is 12.3 Å². The van der Waals surface area contributed by atoms with Crippen LogP contribution in [0.15, 0.2) is 36.0 Å². The Balaban J connectivity index is 2.87. The molecule has 1 rings (SSSR count). The van der Waals surface area contributed by atoms with Gasteiger partial charge >= 0.3 is 0 Å². The lowest BCUT2D eigenvalue weighted by atomic mass is 10.2. The van der Waals surface area contributed by atoms with E-state index in [2.05, 4.69) is 5.32 Å². The van der Waals surface area contributed by atoms with E-state index in [0.717, 1.165) is 0 Å². The number of nitrogens with zero attached hydrogens (tertiary/aromatic N) is 2. The number of phenolic OH excluding ortho intramolecular Hbond substituents is 1. The van der Waals surface area contributed by atoms with Gasteiger partial charge in [0.25, 0.3) is 5.91 Å². The van der Waals surface area contributed by atoms with Crippen LogP contribution in [0.3, 0.4) is 0 Å². The summed E-state index contributed by atoms with van der Waals surface area (Å²) in [5, 5.41) is 21.1. The second-order valence-electron chi connectivity index (χ2n) is 3.85. The lowest BCUT2D eigenvalue weighted by Gasteiger charge is -2.15. The minimum atomic E-state index is -0.532. The molecule has 0 bridgehead atoms. The Labute approximate surface area is 112 Å². The minimum Gasteiger partial charge on any atom is -0.506 e. The van der Waals surface area contributed by atoms with Gasteiger partial charge in [-0.2, -0.15) is 5.26 Å². The fraction of sp³-hybridized carbons (Fsp3) is 0.286. The zero-order valence-electron chi connectivity index (χ0n) is 11.1. The second-order valence-corrected chi connectivity index (χ2v) is 3.85. The Hall–Kier alpha value is -2.48. The van der Waals surface area contributed by atoms with E-state index in [0.29, 0.717) is 13.1 Å². The number of anilines is 1. The highest BCUT2D eigenvalue weighted by Crippen LogP contribution is 2.21. The summed E-state index contributed by atoms with van der Waals surface area (Å²) in [6.45, 7) is 5.31. The average Bonchev–Trinajstić information content (AvgIpc) is 2.42. The van der Waals surface area contributed by atoms with E-state index in [1.807, 2.05) is 24.8 Å². The van der Waals surface area contributed by atoms with Gasteiger partial charge in [0, 0.05) is 19.3 Å². The number of aromatic hydroxyl groups is 1. The van der Waals surface area contributed by atoms with Crippen LogP contribution in [-0.2, 0) is 4.79 Å². The zero-order chi connectivity index (χ0) is 14.3. The highest BCUT2D eigenvalue weighted by Gasteiger charge is 2.12. The highest BCUT2D eigenvalue weighted by molar-refractivity contribution is 6.07. The van der Waals surface area contributed by atoms with Crippen molar-refractivity contribution in [1.29, 1.82) is 5.26 Å². The fourth-order valence-corrected chi connectivity index (χ4v) is 1.50. The Morgan fingerprint density at radius 1 is 1.42 bits per heavy atom. The quantitative estimate of drug-likeness (QED) is 0.482. The van der Waals surface area contributed by atoms with Crippen LogP contribution < -0.4 is 5.32 Å². The molecular formula is C14H17N3O2. The molecule has 2 N–H and O–H groups in total. The Kier molecular flexibility index (Phi) is 5.42. The molecule has 0 fully saturated rings. The van der Waals surface area contributed by atoms with Crippen molar-refractivity contribution in [3.8, 4) is 11.8 Å². The molecule has 5 nitrogen and oxygen atoms in total. The molecule has 1 aromatic rings. The third-order valence-electron chi connectivity index (χ3n) is 2.64. The maximum atomic E-state index is 11.9. The number of nitriles is 1. The van der Waals surface area contributed by atoms with Crippen LogP contribution in [0.2, 0.25) is 0 Å². The van der Waals surface area contributed by atoms with E-state index in [1.54, 1.807) is 18.2 Å². The van der Waals surface area contributed by atoms with Crippen LogP contribution in [-0.4, -0.2) is 29.0 Å². The van der Waals surface area contributed by atoms with Crippen LogP contribution in [0, 0.1) is 11.3 Å². The molecule has 0 radical (unpaired) electrons. The molecule has 1 aromatic carbocycles. The number of hydrogen-bond donors (Lipinski definition) is 2. The van der Waals surface area contributed by atoms with Crippen molar-refractivity contribution in [3.05, 3.63) is 36.0 Å². The second kappa shape index (κ2) is 7.07. The first-order valence-electron chi connectivity index (χ1n) is 6.07. The van der Waals surface area contributed by atoms with E-state index in [9.17, 15) is 9.90 Å². The molecule has 0 heterocycles. The Bertz CT molecular complexity index is 514. The maximum Gasteiger partial charge on any atom is 0.267 e. The monoisotopic (exact) mass is 259 g/mol. The number of amides is 1. The molecule has 0 aromatic heterocycles. The summed E-state index contributed by atoms with van der Waals surface area (Å²) < 4.78 is 0. The van der Waals surface area contributed by atoms with Gasteiger partial charge in [-0.15, -0.1) is 0 Å². The summed E-state index contributed by atoms with van der Waals surface area (Å²) in [7, 11) is 0. The predicted molar refractivity (Wildman–Crippen MR) is 73.4 cm³/mol. The SMILES string of the molecule is CCN(/C=C(/C#N)C(=O)Nc1ccccc1O)CC. The molecule has 100 valence electrons. The molecule has 0 saturated carbocycles. The van der Waals surface area contributed by atoms with Crippen molar-refractivity contribution in [1.82, 2.24) is 4.90 Å². The summed E-state index contributed by atoms with van der Waals surface area (Å²) in [6, 6.07) is 8.25. The molecular weight excluding hydrogens is 242 g/mol. The molecule has 19 heavy (non-hydrogen) atoms. The largest absolute Gasteiger partial charge is 0.506 e. The number of hydrogen-bond acceptors (Lipinski definition) is 4. The number of carbonyl (C=O) groups excluding carboxylic acids is 1. The van der Waals surface area contributed by atoms with Crippen molar-refractivity contribution in [2.75, 3.05) is 18.4 Å². The number of phenols is 1. The molecule has 0 atom stereocenters. The fourth-order valence-electron chi connectivity index (χ4n) is 1.50. The summed E-state index contributed by atoms with van der Waals surface area (Å²) in [4.78, 5) is 13.8. The lowest BCUT2D eigenvalue weighted by Crippen LogP contribution is -2.20. The third-order valence-corrected chi connectivity index (χ3v) is 2.64. The van der Waals surface area contributed by atoms with Crippen LogP contribution in [0.25, 0.3) is 0 Å². The number of rotatable bonds is 5. The average molecular weight is 259 g/mol. The summed E-state index contributed by atoms with van der Waals surface area (Å²) in [5.74, 6) is -0.563. The molecule has 0 aliphatic carbocycles. The zero-order valence-corrected chi connectivity index (χ0v) is 11.1. The highest BCUT2D eigenvalue weighted by atomic mass is 16.3. The first-order valence-corrected chi connectivity index (χ1v) is 6.07. The number of para-hydroxylation sites is 2. The Morgan fingerprint density at radius 3 is 2.58 bits per heavy atom. The van der Waals surface area contributed by atoms with Crippen molar-refractivity contribution in [2.24, 2.45) is 0 Å². The molecule has 0 aliphatic heterocycles. The van der Waals surface area contributed by atoms with Gasteiger partial charge in [0.05, 0.1) is 5.69 Å². The van der Waals surface area contributed by atoms with E-state index in [-0.39, 0.29) is 17.0 Å². The van der Waals surface area contributed by atoms with Gasteiger partial charge in [-0.05, 0) is 26.0 Å². The van der Waals surface area contributed by atoms with Gasteiger partial charge in [0.1, 0.15) is 17.4 Å². The van der Waals surface area contributed by atoms with Gasteiger partial charge in [-0.1, -0.05) is 12.1 Å². The van der Waals surface area contributed by atoms with Gasteiger partial charge in [-0.3, -0.25) is 4.79 Å². The molecule has 0 saturated heterocycles. The van der Waals surface area contributed by atoms with E-state index < -0.39 is 5.91 Å². The first-order chi connectivity index (χ1) is 9.12. The van der Waals surface area contributed by atoms with Crippen LogP contribution >= 0.6 is 0 Å². The topological polar surface area (TPSA) is 76.4 Å². The molecule has 0 spiro atoms. The van der Waals surface area contributed by atoms with E-state index in [4.69, 9.17) is 5.26 Å². The smallest absolute Gasteiger partial charge is 0.267 e. The van der Waals surface area contributed by atoms with Gasteiger partial charge in [0.15, 0.2) is 0 Å². The van der Waals surface area contributed by atoms with Crippen LogP contribution in [0.5, 0.6) is 5.75 Å². The number of nitrogens with one attached hydrogen (secondary N) is 1. The summed E-state index contributed by atoms with van der Waals surface area (Å²) in [5.41, 5.74) is 0.292. The molecule has 0 aliphatic rings. The van der Waals surface area contributed by atoms with Crippen LogP contribution in [0.4, 0.5) is 5.69 Å². The van der Waals surface area contributed by atoms with Crippen molar-refractivity contribution in [2.45, 2.75) is 13.8 Å². The number of benzene rings is 1. The molecule has 1 amide bonds. The van der Waals surface area contributed by atoms with Gasteiger partial charge < -0.3 is 15.3 Å². The summed E-state index contributed by atoms with van der Waals surface area (Å²) >= 11 is 0. The van der Waals surface area contributed by atoms with Gasteiger partial charge in [0.2, 0.25) is 0 Å². The van der Waals surface area contributed by atoms with Crippen molar-refractivity contribution in [3.63, 3.8) is 0 Å². The summed E-state index contributed by atoms with van der Waals surface area (Å²) in [6.07, 6.45) is 1.52. The normalized spacial score (nSPS) is 10.7. The van der Waals surface area contributed by atoms with Gasteiger partial charge in [-0.25, -0.2) is 0 Å². The van der Waals surface area contributed by atoms with E-state index >= 15 is 0 Å².